The third kappa shape index (κ3) is 66.2. The Labute approximate surface area is 561 Å². The Morgan fingerprint density at radius 1 is 0.304 bits per heavy atom. The minimum Gasteiger partial charge on any atom is -0.462 e. The first-order chi connectivity index (χ1) is 44.7. The molecule has 17 nitrogen and oxygen atoms in total. The van der Waals surface area contributed by atoms with Gasteiger partial charge in [0, 0.05) is 25.7 Å². The molecule has 5 atom stereocenters. The number of phosphoric ester groups is 2. The fourth-order valence-corrected chi connectivity index (χ4v) is 12.3. The van der Waals surface area contributed by atoms with Crippen molar-refractivity contribution in [3.8, 4) is 0 Å². The predicted octanol–water partition coefficient (Wildman–Crippen LogP) is 21.0. The number of carbonyl (C=O) groups is 4. The van der Waals surface area contributed by atoms with Gasteiger partial charge in [-0.1, -0.05) is 309 Å². The monoisotopic (exact) mass is 1350 g/mol. The summed E-state index contributed by atoms with van der Waals surface area (Å²) in [4.78, 5) is 72.6. The van der Waals surface area contributed by atoms with Crippen molar-refractivity contribution in [1.29, 1.82) is 0 Å². The zero-order valence-electron chi connectivity index (χ0n) is 59.0. The van der Waals surface area contributed by atoms with Crippen LogP contribution < -0.4 is 0 Å². The molecule has 92 heavy (non-hydrogen) atoms. The Kier molecular flexibility index (Phi) is 65.3. The Hall–Kier alpha value is -2.46. The summed E-state index contributed by atoms with van der Waals surface area (Å²) >= 11 is 0. The molecular weight excluding hydrogens is 1210 g/mol. The zero-order chi connectivity index (χ0) is 67.5. The number of allylic oxidation sites excluding steroid dienone is 4. The second-order valence-corrected chi connectivity index (χ2v) is 28.6. The van der Waals surface area contributed by atoms with Crippen molar-refractivity contribution in [1.82, 2.24) is 0 Å². The van der Waals surface area contributed by atoms with Crippen molar-refractivity contribution in [3.63, 3.8) is 0 Å². The van der Waals surface area contributed by atoms with Gasteiger partial charge in [-0.3, -0.25) is 37.3 Å². The van der Waals surface area contributed by atoms with Crippen molar-refractivity contribution < 1.29 is 80.2 Å². The molecule has 0 aliphatic heterocycles. The fraction of sp³-hybridized carbons (Fsp3) is 0.890. The lowest BCUT2D eigenvalue weighted by Gasteiger charge is -2.21. The lowest BCUT2D eigenvalue weighted by molar-refractivity contribution is -0.161. The molecule has 0 bridgehead atoms. The number of carbonyl (C=O) groups excluding carboxylic acids is 4. The summed E-state index contributed by atoms with van der Waals surface area (Å²) in [6.07, 6.45) is 59.0. The molecule has 0 aromatic carbocycles. The van der Waals surface area contributed by atoms with Crippen LogP contribution in [0.1, 0.15) is 362 Å². The van der Waals surface area contributed by atoms with Crippen LogP contribution in [0.25, 0.3) is 0 Å². The fourth-order valence-electron chi connectivity index (χ4n) is 10.7. The van der Waals surface area contributed by atoms with E-state index >= 15 is 0 Å². The molecule has 0 saturated heterocycles. The van der Waals surface area contributed by atoms with Crippen LogP contribution in [0, 0.1) is 0 Å². The van der Waals surface area contributed by atoms with Gasteiger partial charge in [0.15, 0.2) is 12.2 Å². The second kappa shape index (κ2) is 67.1. The number of esters is 4. The Morgan fingerprint density at radius 3 is 0.793 bits per heavy atom. The molecule has 0 fully saturated rings. The number of rotatable bonds is 72. The topological polar surface area (TPSA) is 237 Å². The molecule has 0 rings (SSSR count). The first-order valence-electron chi connectivity index (χ1n) is 37.6. The summed E-state index contributed by atoms with van der Waals surface area (Å²) in [7, 11) is -9.91. The van der Waals surface area contributed by atoms with Crippen molar-refractivity contribution in [2.24, 2.45) is 0 Å². The molecule has 0 amide bonds. The van der Waals surface area contributed by atoms with E-state index in [1.165, 1.54) is 167 Å². The van der Waals surface area contributed by atoms with E-state index in [0.29, 0.717) is 25.7 Å². The molecule has 542 valence electrons. The van der Waals surface area contributed by atoms with Crippen LogP contribution >= 0.6 is 15.6 Å². The first kappa shape index (κ1) is 89.5. The Balaban J connectivity index is 5.25. The van der Waals surface area contributed by atoms with E-state index in [1.807, 2.05) is 0 Å². The van der Waals surface area contributed by atoms with E-state index in [-0.39, 0.29) is 25.7 Å². The number of phosphoric acid groups is 2. The maximum atomic E-state index is 13.0. The highest BCUT2D eigenvalue weighted by atomic mass is 31.2. The average molecular weight is 1350 g/mol. The quantitative estimate of drug-likeness (QED) is 0.0169. The lowest BCUT2D eigenvalue weighted by Crippen LogP contribution is -2.30. The van der Waals surface area contributed by atoms with Gasteiger partial charge in [0.05, 0.1) is 26.4 Å². The predicted molar refractivity (Wildman–Crippen MR) is 372 cm³/mol. The van der Waals surface area contributed by atoms with Gasteiger partial charge in [0.2, 0.25) is 0 Å². The average Bonchev–Trinajstić information content (AvgIpc) is 1.90. The minimum atomic E-state index is -4.96. The normalized spacial score (nSPS) is 14.1. The molecule has 19 heteroatoms. The van der Waals surface area contributed by atoms with Gasteiger partial charge in [-0.2, -0.15) is 0 Å². The van der Waals surface area contributed by atoms with Crippen molar-refractivity contribution in [2.45, 2.75) is 380 Å². The standard InChI is InChI=1S/C73H138O17P2/c1-5-9-13-17-21-25-28-31-33-34-36-38-41-44-48-52-56-60-73(78)90-69(64-84-71(76)58-54-50-46-42-40-37-35-32-29-26-22-18-14-10-6-2)66-88-92(81,82)86-62-67(74)61-85-91(79,80)87-65-68(63-83-70(75)57-53-49-45-24-20-16-12-8-4)89-72(77)59-55-51-47-43-39-30-27-23-19-15-11-7-3/h26,29,32,35,67-69,74H,5-25,27-28,30-31,33-34,36-66H2,1-4H3,(H,79,80)(H,81,82)/b29-26-,35-32-/t67-,68+,69+/m0/s1. The number of ether oxygens (including phenoxy) is 4. The van der Waals surface area contributed by atoms with Crippen LogP contribution in [0.3, 0.4) is 0 Å². The highest BCUT2D eigenvalue weighted by Crippen LogP contribution is 2.45. The molecule has 3 N–H and O–H groups in total. The highest BCUT2D eigenvalue weighted by Gasteiger charge is 2.30. The van der Waals surface area contributed by atoms with Crippen LogP contribution in [0.2, 0.25) is 0 Å². The van der Waals surface area contributed by atoms with E-state index in [2.05, 4.69) is 52.0 Å². The van der Waals surface area contributed by atoms with Crippen molar-refractivity contribution >= 4 is 39.5 Å². The minimum absolute atomic E-state index is 0.102. The van der Waals surface area contributed by atoms with E-state index < -0.39 is 97.5 Å². The molecule has 0 aromatic rings. The molecule has 2 unspecified atom stereocenters. The largest absolute Gasteiger partial charge is 0.472 e. The maximum absolute atomic E-state index is 13.0. The summed E-state index contributed by atoms with van der Waals surface area (Å²) in [5.41, 5.74) is 0. The third-order valence-corrected chi connectivity index (χ3v) is 18.4. The number of unbranched alkanes of at least 4 members (excludes halogenated alkanes) is 43. The van der Waals surface area contributed by atoms with Gasteiger partial charge < -0.3 is 33.8 Å². The van der Waals surface area contributed by atoms with Crippen LogP contribution in [0.4, 0.5) is 0 Å². The second-order valence-electron chi connectivity index (χ2n) is 25.6. The van der Waals surface area contributed by atoms with Crippen molar-refractivity contribution in [2.75, 3.05) is 39.6 Å². The first-order valence-corrected chi connectivity index (χ1v) is 40.6. The summed E-state index contributed by atoms with van der Waals surface area (Å²) < 4.78 is 68.3. The smallest absolute Gasteiger partial charge is 0.462 e. The summed E-state index contributed by atoms with van der Waals surface area (Å²) in [5, 5.41) is 10.6. The van der Waals surface area contributed by atoms with E-state index in [9.17, 15) is 43.2 Å². The van der Waals surface area contributed by atoms with E-state index in [0.717, 1.165) is 116 Å². The SMILES string of the molecule is CCCCCC/C=C\C=C/CCCCCCCC(=O)OC[C@H](COP(=O)(O)OC[C@@H](O)COP(=O)(O)OC[C@@H](COC(=O)CCCCCCCCCC)OC(=O)CCCCCCCCCCCCCC)OC(=O)CCCCCCCCCCCCCCCCCCC. The molecule has 0 radical (unpaired) electrons. The van der Waals surface area contributed by atoms with Gasteiger partial charge in [0.1, 0.15) is 19.3 Å². The molecular formula is C73H138O17P2. The van der Waals surface area contributed by atoms with Gasteiger partial charge in [-0.15, -0.1) is 0 Å². The maximum Gasteiger partial charge on any atom is 0.472 e. The number of aliphatic hydroxyl groups excluding tert-OH is 1. The van der Waals surface area contributed by atoms with Gasteiger partial charge in [0.25, 0.3) is 0 Å². The molecule has 0 heterocycles. The molecule has 0 aromatic heterocycles. The van der Waals surface area contributed by atoms with Gasteiger partial charge in [-0.25, -0.2) is 9.13 Å². The summed E-state index contributed by atoms with van der Waals surface area (Å²) in [5.74, 6) is -2.15. The summed E-state index contributed by atoms with van der Waals surface area (Å²) in [6.45, 7) is 4.88. The lowest BCUT2D eigenvalue weighted by atomic mass is 10.0. The number of hydrogen-bond acceptors (Lipinski definition) is 15. The number of aliphatic hydroxyl groups is 1. The van der Waals surface area contributed by atoms with Gasteiger partial charge >= 0.3 is 39.5 Å². The summed E-state index contributed by atoms with van der Waals surface area (Å²) in [6, 6.07) is 0. The molecule has 0 saturated carbocycles. The van der Waals surface area contributed by atoms with E-state index in [1.54, 1.807) is 0 Å². The highest BCUT2D eigenvalue weighted by molar-refractivity contribution is 7.47. The Bertz CT molecular complexity index is 1850. The Morgan fingerprint density at radius 2 is 0.522 bits per heavy atom. The molecule has 0 aliphatic rings. The van der Waals surface area contributed by atoms with Crippen LogP contribution in [-0.2, 0) is 65.4 Å². The van der Waals surface area contributed by atoms with Gasteiger partial charge in [-0.05, 0) is 51.4 Å². The van der Waals surface area contributed by atoms with Crippen molar-refractivity contribution in [3.05, 3.63) is 24.3 Å². The van der Waals surface area contributed by atoms with Crippen LogP contribution in [-0.4, -0.2) is 96.7 Å². The van der Waals surface area contributed by atoms with Crippen LogP contribution in [0.15, 0.2) is 24.3 Å². The van der Waals surface area contributed by atoms with Crippen LogP contribution in [0.5, 0.6) is 0 Å². The third-order valence-electron chi connectivity index (χ3n) is 16.5. The molecule has 0 aliphatic carbocycles. The molecule has 0 spiro atoms. The number of hydrogen-bond donors (Lipinski definition) is 3. The zero-order valence-corrected chi connectivity index (χ0v) is 60.8. The van der Waals surface area contributed by atoms with E-state index in [4.69, 9.17) is 37.0 Å².